The fraction of sp³-hybridized carbons (Fsp3) is 0.364. The van der Waals surface area contributed by atoms with E-state index in [4.69, 9.17) is 11.0 Å². The SMILES string of the molecule is C=CCSc1nc(N)c(C#N)c(CCC)n1. The van der Waals surface area contributed by atoms with Crippen LogP contribution < -0.4 is 5.73 Å². The molecule has 0 spiro atoms. The highest BCUT2D eigenvalue weighted by molar-refractivity contribution is 7.99. The van der Waals surface area contributed by atoms with Crippen molar-refractivity contribution in [2.75, 3.05) is 11.5 Å². The van der Waals surface area contributed by atoms with Gasteiger partial charge in [0.05, 0.1) is 5.69 Å². The number of nitriles is 1. The molecule has 0 aliphatic heterocycles. The van der Waals surface area contributed by atoms with Crippen molar-refractivity contribution < 1.29 is 0 Å². The van der Waals surface area contributed by atoms with Crippen LogP contribution in [0.25, 0.3) is 0 Å². The Balaban J connectivity index is 3.07. The van der Waals surface area contributed by atoms with Crippen LogP contribution >= 0.6 is 11.8 Å². The Hall–Kier alpha value is -1.54. The van der Waals surface area contributed by atoms with Gasteiger partial charge in [-0.1, -0.05) is 31.2 Å². The second kappa shape index (κ2) is 6.13. The molecule has 0 fully saturated rings. The lowest BCUT2D eigenvalue weighted by atomic mass is 10.1. The van der Waals surface area contributed by atoms with Gasteiger partial charge in [0.1, 0.15) is 17.5 Å². The molecule has 4 nitrogen and oxygen atoms in total. The average molecular weight is 234 g/mol. The highest BCUT2D eigenvalue weighted by atomic mass is 32.2. The molecule has 84 valence electrons. The molecule has 0 saturated heterocycles. The first-order valence-corrected chi connectivity index (χ1v) is 6.01. The van der Waals surface area contributed by atoms with Crippen molar-refractivity contribution in [3.63, 3.8) is 0 Å². The fourth-order valence-electron chi connectivity index (χ4n) is 1.24. The van der Waals surface area contributed by atoms with E-state index in [-0.39, 0.29) is 5.82 Å². The molecule has 1 rings (SSSR count). The Morgan fingerprint density at radius 2 is 2.31 bits per heavy atom. The molecular weight excluding hydrogens is 220 g/mol. The van der Waals surface area contributed by atoms with Gasteiger partial charge in [-0.2, -0.15) is 5.26 Å². The van der Waals surface area contributed by atoms with Crippen molar-refractivity contribution in [1.29, 1.82) is 5.26 Å². The maximum Gasteiger partial charge on any atom is 0.190 e. The number of aromatic nitrogens is 2. The maximum atomic E-state index is 8.96. The summed E-state index contributed by atoms with van der Waals surface area (Å²) >= 11 is 1.46. The first-order valence-electron chi connectivity index (χ1n) is 5.03. The molecule has 0 amide bonds. The number of aryl methyl sites for hydroxylation is 1. The molecule has 0 bridgehead atoms. The van der Waals surface area contributed by atoms with Gasteiger partial charge in [-0.3, -0.25) is 0 Å². The third kappa shape index (κ3) is 2.97. The van der Waals surface area contributed by atoms with Gasteiger partial charge in [0.15, 0.2) is 5.16 Å². The summed E-state index contributed by atoms with van der Waals surface area (Å²) in [6, 6.07) is 2.05. The van der Waals surface area contributed by atoms with Gasteiger partial charge in [0.25, 0.3) is 0 Å². The standard InChI is InChI=1S/C11H14N4S/c1-3-5-9-8(7-12)10(13)15-11(14-9)16-6-4-2/h4H,2-3,5-6H2,1H3,(H2,13,14,15). The van der Waals surface area contributed by atoms with E-state index in [0.29, 0.717) is 10.7 Å². The summed E-state index contributed by atoms with van der Waals surface area (Å²) in [7, 11) is 0. The summed E-state index contributed by atoms with van der Waals surface area (Å²) in [5.41, 5.74) is 6.87. The van der Waals surface area contributed by atoms with E-state index in [1.807, 2.05) is 6.92 Å². The van der Waals surface area contributed by atoms with Gasteiger partial charge in [0.2, 0.25) is 0 Å². The maximum absolute atomic E-state index is 8.96. The molecule has 0 unspecified atom stereocenters. The number of nitrogens with two attached hydrogens (primary N) is 1. The third-order valence-electron chi connectivity index (χ3n) is 1.92. The van der Waals surface area contributed by atoms with Crippen molar-refractivity contribution in [3.8, 4) is 6.07 Å². The zero-order valence-electron chi connectivity index (χ0n) is 9.23. The largest absolute Gasteiger partial charge is 0.382 e. The summed E-state index contributed by atoms with van der Waals surface area (Å²) < 4.78 is 0. The van der Waals surface area contributed by atoms with Crippen molar-refractivity contribution in [1.82, 2.24) is 9.97 Å². The minimum absolute atomic E-state index is 0.271. The number of nitrogens with zero attached hydrogens (tertiary/aromatic N) is 3. The molecule has 1 aromatic rings. The van der Waals surface area contributed by atoms with Crippen molar-refractivity contribution in [2.24, 2.45) is 0 Å². The van der Waals surface area contributed by atoms with Crippen molar-refractivity contribution in [3.05, 3.63) is 23.9 Å². The monoisotopic (exact) mass is 234 g/mol. The Kier molecular flexibility index (Phi) is 4.80. The lowest BCUT2D eigenvalue weighted by Crippen LogP contribution is -2.05. The minimum atomic E-state index is 0.271. The summed E-state index contributed by atoms with van der Waals surface area (Å²) in [6.45, 7) is 5.67. The lowest BCUT2D eigenvalue weighted by Gasteiger charge is -2.06. The first-order chi connectivity index (χ1) is 7.72. The van der Waals surface area contributed by atoms with E-state index in [1.165, 1.54) is 11.8 Å². The van der Waals surface area contributed by atoms with Crippen LogP contribution in [0.15, 0.2) is 17.8 Å². The van der Waals surface area contributed by atoms with Crippen LogP contribution in [0.3, 0.4) is 0 Å². The molecule has 0 aromatic carbocycles. The van der Waals surface area contributed by atoms with Crippen molar-refractivity contribution >= 4 is 17.6 Å². The Morgan fingerprint density at radius 1 is 1.56 bits per heavy atom. The van der Waals surface area contributed by atoms with Crippen LogP contribution in [0.1, 0.15) is 24.6 Å². The summed E-state index contributed by atoms with van der Waals surface area (Å²) in [4.78, 5) is 8.42. The van der Waals surface area contributed by atoms with Gasteiger partial charge in [-0.15, -0.1) is 6.58 Å². The molecule has 0 atom stereocenters. The van der Waals surface area contributed by atoms with Crippen LogP contribution in [0.2, 0.25) is 0 Å². The van der Waals surface area contributed by atoms with Crippen LogP contribution in [-0.2, 0) is 6.42 Å². The highest BCUT2D eigenvalue weighted by Crippen LogP contribution is 2.20. The van der Waals surface area contributed by atoms with Crippen LogP contribution in [0.4, 0.5) is 5.82 Å². The third-order valence-corrected chi connectivity index (χ3v) is 2.76. The summed E-state index contributed by atoms with van der Waals surface area (Å²) in [6.07, 6.45) is 3.45. The van der Waals surface area contributed by atoms with Crippen LogP contribution in [-0.4, -0.2) is 15.7 Å². The molecule has 1 aromatic heterocycles. The zero-order valence-corrected chi connectivity index (χ0v) is 10.0. The Labute approximate surface area is 99.6 Å². The van der Waals surface area contributed by atoms with E-state index in [2.05, 4.69) is 22.6 Å². The molecular formula is C11H14N4S. The molecule has 16 heavy (non-hydrogen) atoms. The first kappa shape index (κ1) is 12.5. The second-order valence-corrected chi connectivity index (χ2v) is 4.16. The minimum Gasteiger partial charge on any atom is -0.382 e. The predicted octanol–water partition coefficient (Wildman–Crippen LogP) is 2.16. The van der Waals surface area contributed by atoms with E-state index in [1.54, 1.807) is 6.08 Å². The Morgan fingerprint density at radius 3 is 2.88 bits per heavy atom. The number of rotatable bonds is 5. The van der Waals surface area contributed by atoms with E-state index >= 15 is 0 Å². The normalized spacial score (nSPS) is 9.75. The predicted molar refractivity (Wildman–Crippen MR) is 66.1 cm³/mol. The number of thioether (sulfide) groups is 1. The molecule has 0 saturated carbocycles. The molecule has 5 heteroatoms. The van der Waals surface area contributed by atoms with Gasteiger partial charge >= 0.3 is 0 Å². The molecule has 1 heterocycles. The van der Waals surface area contributed by atoms with Crippen LogP contribution in [0, 0.1) is 11.3 Å². The smallest absolute Gasteiger partial charge is 0.190 e. The molecule has 2 N–H and O–H groups in total. The zero-order chi connectivity index (χ0) is 12.0. The lowest BCUT2D eigenvalue weighted by molar-refractivity contribution is 0.826. The quantitative estimate of drug-likeness (QED) is 0.480. The highest BCUT2D eigenvalue weighted by Gasteiger charge is 2.11. The van der Waals surface area contributed by atoms with E-state index in [9.17, 15) is 0 Å². The molecule has 0 aliphatic carbocycles. The summed E-state index contributed by atoms with van der Waals surface area (Å²) in [5, 5.41) is 9.57. The van der Waals surface area contributed by atoms with E-state index in [0.717, 1.165) is 24.3 Å². The van der Waals surface area contributed by atoms with Gasteiger partial charge < -0.3 is 5.73 Å². The van der Waals surface area contributed by atoms with Crippen LogP contribution in [0.5, 0.6) is 0 Å². The number of nitrogen functional groups attached to an aromatic ring is 1. The van der Waals surface area contributed by atoms with E-state index < -0.39 is 0 Å². The fourth-order valence-corrected chi connectivity index (χ4v) is 1.85. The van der Waals surface area contributed by atoms with Gasteiger partial charge in [-0.05, 0) is 6.42 Å². The number of anilines is 1. The number of hydrogen-bond donors (Lipinski definition) is 1. The average Bonchev–Trinajstić information content (AvgIpc) is 2.26. The van der Waals surface area contributed by atoms with Gasteiger partial charge in [-0.25, -0.2) is 9.97 Å². The van der Waals surface area contributed by atoms with Crippen molar-refractivity contribution in [2.45, 2.75) is 24.9 Å². The summed E-state index contributed by atoms with van der Waals surface area (Å²) in [5.74, 6) is 1.00. The molecule has 0 radical (unpaired) electrons. The van der Waals surface area contributed by atoms with Gasteiger partial charge in [0, 0.05) is 5.75 Å². The topological polar surface area (TPSA) is 75.6 Å². The second-order valence-electron chi connectivity index (χ2n) is 3.17. The number of hydrogen-bond acceptors (Lipinski definition) is 5. The Bertz CT molecular complexity index is 423. The molecule has 0 aliphatic rings.